The van der Waals surface area contributed by atoms with Crippen LogP contribution in [0.25, 0.3) is 5.69 Å². The van der Waals surface area contributed by atoms with Crippen molar-refractivity contribution in [1.29, 1.82) is 0 Å². The Morgan fingerprint density at radius 1 is 1.07 bits per heavy atom. The minimum atomic E-state index is 0.128. The number of nitrogens with zero attached hydrogens (tertiary/aromatic N) is 4. The van der Waals surface area contributed by atoms with E-state index in [1.54, 1.807) is 6.20 Å². The summed E-state index contributed by atoms with van der Waals surface area (Å²) in [7, 11) is 0. The number of ether oxygens (including phenoxy) is 1. The Morgan fingerprint density at radius 3 is 2.70 bits per heavy atom. The summed E-state index contributed by atoms with van der Waals surface area (Å²) < 4.78 is 8.27. The average Bonchev–Trinajstić information content (AvgIpc) is 3.11. The molecule has 2 aliphatic rings. The molecule has 1 aliphatic heterocycles. The highest BCUT2D eigenvalue weighted by atomic mass is 35.5. The van der Waals surface area contributed by atoms with E-state index in [1.165, 1.54) is 0 Å². The van der Waals surface area contributed by atoms with Gasteiger partial charge in [0.25, 0.3) is 0 Å². The van der Waals surface area contributed by atoms with Crippen molar-refractivity contribution in [3.63, 3.8) is 0 Å². The van der Waals surface area contributed by atoms with Gasteiger partial charge in [-0.05, 0) is 67.9 Å². The van der Waals surface area contributed by atoms with E-state index in [0.29, 0.717) is 18.2 Å². The van der Waals surface area contributed by atoms with Crippen LogP contribution >= 0.6 is 11.6 Å². The molecular weight excluding hydrogens is 400 g/mol. The smallest absolute Gasteiger partial charge is 0.213 e. The predicted octanol–water partition coefficient (Wildman–Crippen LogP) is 4.13. The maximum atomic E-state index is 9.83. The highest BCUT2D eigenvalue weighted by Gasteiger charge is 2.31. The molecule has 1 aliphatic carbocycles. The van der Waals surface area contributed by atoms with Crippen LogP contribution < -0.4 is 4.74 Å². The Hall–Kier alpha value is -2.44. The van der Waals surface area contributed by atoms with Gasteiger partial charge >= 0.3 is 0 Å². The second-order valence-electron chi connectivity index (χ2n) is 8.30. The van der Waals surface area contributed by atoms with Crippen LogP contribution in [0.4, 0.5) is 0 Å². The van der Waals surface area contributed by atoms with Crippen LogP contribution in [-0.2, 0) is 12.8 Å². The van der Waals surface area contributed by atoms with E-state index in [1.807, 2.05) is 30.3 Å². The molecule has 0 amide bonds. The highest BCUT2D eigenvalue weighted by molar-refractivity contribution is 6.30. The zero-order valence-corrected chi connectivity index (χ0v) is 17.5. The molecule has 156 valence electrons. The summed E-state index contributed by atoms with van der Waals surface area (Å²) in [6.07, 6.45) is 7.40. The molecule has 5 rings (SSSR count). The first-order valence-corrected chi connectivity index (χ1v) is 11.0. The third kappa shape index (κ3) is 3.82. The molecule has 1 aromatic carbocycles. The van der Waals surface area contributed by atoms with Gasteiger partial charge < -0.3 is 9.84 Å². The van der Waals surface area contributed by atoms with Crippen molar-refractivity contribution in [2.45, 2.75) is 50.5 Å². The van der Waals surface area contributed by atoms with Gasteiger partial charge in [0.15, 0.2) is 0 Å². The molecule has 0 saturated heterocycles. The van der Waals surface area contributed by atoms with Crippen LogP contribution in [0.5, 0.6) is 5.88 Å². The van der Waals surface area contributed by atoms with Crippen molar-refractivity contribution in [1.82, 2.24) is 19.7 Å². The molecular formula is C23H25ClN4O2. The van der Waals surface area contributed by atoms with Gasteiger partial charge in [0.2, 0.25) is 5.88 Å². The van der Waals surface area contributed by atoms with E-state index in [-0.39, 0.29) is 18.6 Å². The minimum Gasteiger partial charge on any atom is -0.474 e. The van der Waals surface area contributed by atoms with Gasteiger partial charge in [0, 0.05) is 36.2 Å². The lowest BCUT2D eigenvalue weighted by Gasteiger charge is -2.28. The number of hydrogen-bond donors (Lipinski definition) is 1. The van der Waals surface area contributed by atoms with Crippen molar-refractivity contribution in [3.05, 3.63) is 64.8 Å². The topological polar surface area (TPSA) is 73.1 Å². The van der Waals surface area contributed by atoms with Crippen molar-refractivity contribution < 1.29 is 9.84 Å². The number of aliphatic hydroxyl groups excluding tert-OH is 1. The Bertz CT molecular complexity index is 1020. The third-order valence-electron chi connectivity index (χ3n) is 6.24. The summed E-state index contributed by atoms with van der Waals surface area (Å²) in [5, 5.41) is 19.7. The first kappa shape index (κ1) is 19.5. The zero-order valence-electron chi connectivity index (χ0n) is 16.7. The van der Waals surface area contributed by atoms with Crippen LogP contribution in [0.1, 0.15) is 48.8 Å². The lowest BCUT2D eigenvalue weighted by Crippen LogP contribution is -2.25. The van der Waals surface area contributed by atoms with Gasteiger partial charge in [0.1, 0.15) is 17.8 Å². The molecule has 3 heterocycles. The maximum absolute atomic E-state index is 9.83. The SMILES string of the molecule is OCC1Cc2cc(Cl)ccc2-n2c(nnc2C2CCC(Oc3ccccn3)CC2)C1. The lowest BCUT2D eigenvalue weighted by molar-refractivity contribution is 0.139. The lowest BCUT2D eigenvalue weighted by atomic mass is 9.86. The number of halogens is 1. The van der Waals surface area contributed by atoms with Crippen molar-refractivity contribution in [2.24, 2.45) is 5.92 Å². The summed E-state index contributed by atoms with van der Waals surface area (Å²) in [6.45, 7) is 0.129. The van der Waals surface area contributed by atoms with E-state index in [9.17, 15) is 5.11 Å². The van der Waals surface area contributed by atoms with Crippen LogP contribution in [0.3, 0.4) is 0 Å². The van der Waals surface area contributed by atoms with E-state index < -0.39 is 0 Å². The number of aromatic nitrogens is 4. The van der Waals surface area contributed by atoms with Crippen LogP contribution in [0, 0.1) is 5.92 Å². The molecule has 2 aromatic heterocycles. The number of benzene rings is 1. The van der Waals surface area contributed by atoms with Gasteiger partial charge in [-0.3, -0.25) is 4.57 Å². The summed E-state index contributed by atoms with van der Waals surface area (Å²) in [5.41, 5.74) is 2.24. The molecule has 1 unspecified atom stereocenters. The minimum absolute atomic E-state index is 0.128. The fourth-order valence-electron chi connectivity index (χ4n) is 4.72. The van der Waals surface area contributed by atoms with E-state index in [2.05, 4.69) is 25.8 Å². The van der Waals surface area contributed by atoms with Gasteiger partial charge in [0.05, 0.1) is 5.69 Å². The monoisotopic (exact) mass is 424 g/mol. The van der Waals surface area contributed by atoms with Gasteiger partial charge in [-0.25, -0.2) is 4.98 Å². The highest BCUT2D eigenvalue weighted by Crippen LogP contribution is 2.37. The average molecular weight is 425 g/mol. The Morgan fingerprint density at radius 2 is 1.93 bits per heavy atom. The van der Waals surface area contributed by atoms with Crippen molar-refractivity contribution >= 4 is 11.6 Å². The van der Waals surface area contributed by atoms with E-state index in [0.717, 1.165) is 60.0 Å². The maximum Gasteiger partial charge on any atom is 0.213 e. The van der Waals surface area contributed by atoms with Gasteiger partial charge in [-0.2, -0.15) is 0 Å². The second kappa shape index (κ2) is 8.36. The first-order valence-electron chi connectivity index (χ1n) is 10.6. The molecule has 0 spiro atoms. The van der Waals surface area contributed by atoms with E-state index >= 15 is 0 Å². The number of hydrogen-bond acceptors (Lipinski definition) is 5. The van der Waals surface area contributed by atoms with Gasteiger partial charge in [-0.15, -0.1) is 10.2 Å². The molecule has 30 heavy (non-hydrogen) atoms. The van der Waals surface area contributed by atoms with Gasteiger partial charge in [-0.1, -0.05) is 17.7 Å². The molecule has 0 radical (unpaired) electrons. The molecule has 1 fully saturated rings. The van der Waals surface area contributed by atoms with E-state index in [4.69, 9.17) is 16.3 Å². The number of rotatable bonds is 4. The van der Waals surface area contributed by atoms with Crippen molar-refractivity contribution in [2.75, 3.05) is 6.61 Å². The second-order valence-corrected chi connectivity index (χ2v) is 8.74. The number of aliphatic hydroxyl groups is 1. The fourth-order valence-corrected chi connectivity index (χ4v) is 4.92. The Balaban J connectivity index is 1.39. The summed E-state index contributed by atoms with van der Waals surface area (Å²) in [5.74, 6) is 3.10. The molecule has 7 heteroatoms. The molecule has 1 N–H and O–H groups in total. The summed E-state index contributed by atoms with van der Waals surface area (Å²) in [4.78, 5) is 4.28. The standard InChI is InChI=1S/C23H25ClN4O2/c24-18-6-9-20-17(13-18)11-15(14-29)12-21-26-27-23(28(20)21)16-4-7-19(8-5-16)30-22-3-1-2-10-25-22/h1-3,6,9-10,13,15-16,19,29H,4-5,7-8,11-12,14H2. The zero-order chi connectivity index (χ0) is 20.5. The fraction of sp³-hybridized carbons (Fsp3) is 0.435. The Kier molecular flexibility index (Phi) is 5.44. The normalized spacial score (nSPS) is 23.3. The molecule has 0 bridgehead atoms. The largest absolute Gasteiger partial charge is 0.474 e. The van der Waals surface area contributed by atoms with Crippen molar-refractivity contribution in [3.8, 4) is 11.6 Å². The number of fused-ring (bicyclic) bond motifs is 3. The first-order chi connectivity index (χ1) is 14.7. The summed E-state index contributed by atoms with van der Waals surface area (Å²) >= 11 is 6.27. The third-order valence-corrected chi connectivity index (χ3v) is 6.48. The Labute approximate surface area is 180 Å². The van der Waals surface area contributed by atoms with Crippen LogP contribution in [0.2, 0.25) is 5.02 Å². The molecule has 1 saturated carbocycles. The molecule has 1 atom stereocenters. The predicted molar refractivity (Wildman–Crippen MR) is 114 cm³/mol. The summed E-state index contributed by atoms with van der Waals surface area (Å²) in [6, 6.07) is 11.7. The number of pyridine rings is 1. The molecule has 6 nitrogen and oxygen atoms in total. The van der Waals surface area contributed by atoms with Crippen LogP contribution in [0.15, 0.2) is 42.6 Å². The quantitative estimate of drug-likeness (QED) is 0.681. The van der Waals surface area contributed by atoms with Crippen LogP contribution in [-0.4, -0.2) is 37.6 Å². The molecule has 3 aromatic rings.